The first kappa shape index (κ1) is 13.0. The van der Waals surface area contributed by atoms with Gasteiger partial charge in [-0.2, -0.15) is 5.10 Å². The second-order valence-corrected chi connectivity index (χ2v) is 3.57. The standard InChI is InChI=1S/C10H12N4O2S/c1-2-13(10(11)17)12-7-8-4-3-5-9(6-8)14(15)16/h3-7H,2H2,1H3,(H2,11,17)/b12-7+. The Morgan fingerprint density at radius 2 is 2.41 bits per heavy atom. The van der Waals surface area contributed by atoms with E-state index in [1.165, 1.54) is 23.4 Å². The Kier molecular flexibility index (Phi) is 4.53. The molecule has 0 aliphatic carbocycles. The lowest BCUT2D eigenvalue weighted by molar-refractivity contribution is -0.384. The smallest absolute Gasteiger partial charge is 0.270 e. The van der Waals surface area contributed by atoms with Gasteiger partial charge in [-0.3, -0.25) is 10.1 Å². The molecule has 90 valence electrons. The van der Waals surface area contributed by atoms with Crippen molar-refractivity contribution in [2.24, 2.45) is 10.8 Å². The van der Waals surface area contributed by atoms with Crippen LogP contribution in [0.15, 0.2) is 29.4 Å². The minimum Gasteiger partial charge on any atom is -0.375 e. The zero-order chi connectivity index (χ0) is 12.8. The maximum Gasteiger partial charge on any atom is 0.270 e. The number of hydrogen-bond donors (Lipinski definition) is 1. The van der Waals surface area contributed by atoms with Crippen molar-refractivity contribution >= 4 is 29.2 Å². The number of rotatable bonds is 4. The maximum atomic E-state index is 10.6. The Morgan fingerprint density at radius 1 is 1.71 bits per heavy atom. The molecule has 0 spiro atoms. The van der Waals surface area contributed by atoms with E-state index in [0.29, 0.717) is 12.1 Å². The highest BCUT2D eigenvalue weighted by atomic mass is 32.1. The molecule has 0 fully saturated rings. The van der Waals surface area contributed by atoms with Crippen LogP contribution in [-0.2, 0) is 0 Å². The molecule has 2 N–H and O–H groups in total. The summed E-state index contributed by atoms with van der Waals surface area (Å²) in [6, 6.07) is 6.15. The summed E-state index contributed by atoms with van der Waals surface area (Å²) in [5.74, 6) is 0. The molecule has 1 rings (SSSR count). The lowest BCUT2D eigenvalue weighted by Gasteiger charge is -2.13. The Labute approximate surface area is 104 Å². The predicted molar refractivity (Wildman–Crippen MR) is 69.9 cm³/mol. The fourth-order valence-corrected chi connectivity index (χ4v) is 1.33. The van der Waals surface area contributed by atoms with Crippen LogP contribution in [0.4, 0.5) is 5.69 Å². The zero-order valence-corrected chi connectivity index (χ0v) is 10.1. The van der Waals surface area contributed by atoms with Crippen molar-refractivity contribution in [3.05, 3.63) is 39.9 Å². The van der Waals surface area contributed by atoms with Crippen LogP contribution in [-0.4, -0.2) is 27.8 Å². The zero-order valence-electron chi connectivity index (χ0n) is 9.24. The molecule has 6 nitrogen and oxygen atoms in total. The summed E-state index contributed by atoms with van der Waals surface area (Å²) < 4.78 is 0. The molecule has 0 radical (unpaired) electrons. The van der Waals surface area contributed by atoms with E-state index in [2.05, 4.69) is 5.10 Å². The summed E-state index contributed by atoms with van der Waals surface area (Å²) in [4.78, 5) is 10.1. The van der Waals surface area contributed by atoms with Crippen molar-refractivity contribution < 1.29 is 4.92 Å². The number of nitrogens with two attached hydrogens (primary N) is 1. The summed E-state index contributed by atoms with van der Waals surface area (Å²) in [5.41, 5.74) is 6.06. The van der Waals surface area contributed by atoms with Gasteiger partial charge in [-0.05, 0) is 19.1 Å². The van der Waals surface area contributed by atoms with Gasteiger partial charge in [-0.25, -0.2) is 5.01 Å². The molecule has 0 aliphatic rings. The van der Waals surface area contributed by atoms with Crippen LogP contribution in [0, 0.1) is 10.1 Å². The Balaban J connectivity index is 2.87. The van der Waals surface area contributed by atoms with E-state index < -0.39 is 4.92 Å². The largest absolute Gasteiger partial charge is 0.375 e. The number of nitrogens with zero attached hydrogens (tertiary/aromatic N) is 3. The first-order valence-electron chi connectivity index (χ1n) is 4.90. The van der Waals surface area contributed by atoms with Gasteiger partial charge in [0.15, 0.2) is 5.11 Å². The molecule has 0 bridgehead atoms. The molecular weight excluding hydrogens is 240 g/mol. The van der Waals surface area contributed by atoms with Crippen LogP contribution in [0.3, 0.4) is 0 Å². The molecule has 1 aromatic carbocycles. The number of non-ortho nitro benzene ring substituents is 1. The van der Waals surface area contributed by atoms with Crippen LogP contribution < -0.4 is 5.73 Å². The van der Waals surface area contributed by atoms with Crippen molar-refractivity contribution in [3.63, 3.8) is 0 Å². The number of nitro groups is 1. The Morgan fingerprint density at radius 3 is 2.94 bits per heavy atom. The number of hydrazone groups is 1. The highest BCUT2D eigenvalue weighted by Crippen LogP contribution is 2.11. The van der Waals surface area contributed by atoms with Crippen LogP contribution in [0.1, 0.15) is 12.5 Å². The van der Waals surface area contributed by atoms with E-state index in [1.54, 1.807) is 12.1 Å². The van der Waals surface area contributed by atoms with Gasteiger partial charge in [-0.15, -0.1) is 0 Å². The summed E-state index contributed by atoms with van der Waals surface area (Å²) in [6.45, 7) is 2.39. The summed E-state index contributed by atoms with van der Waals surface area (Å²) in [6.07, 6.45) is 1.48. The minimum absolute atomic E-state index is 0.0207. The molecule has 1 aromatic rings. The lowest BCUT2D eigenvalue weighted by Crippen LogP contribution is -2.30. The monoisotopic (exact) mass is 252 g/mol. The third kappa shape index (κ3) is 3.80. The van der Waals surface area contributed by atoms with Crippen molar-refractivity contribution in [1.29, 1.82) is 0 Å². The van der Waals surface area contributed by atoms with Crippen LogP contribution in [0.25, 0.3) is 0 Å². The van der Waals surface area contributed by atoms with Gasteiger partial charge in [0.05, 0.1) is 11.1 Å². The van der Waals surface area contributed by atoms with Crippen molar-refractivity contribution in [2.45, 2.75) is 6.92 Å². The number of thiocarbonyl (C=S) groups is 1. The fourth-order valence-electron chi connectivity index (χ4n) is 1.15. The third-order valence-corrected chi connectivity index (χ3v) is 2.19. The van der Waals surface area contributed by atoms with E-state index in [-0.39, 0.29) is 10.8 Å². The van der Waals surface area contributed by atoms with Crippen molar-refractivity contribution in [1.82, 2.24) is 5.01 Å². The van der Waals surface area contributed by atoms with E-state index in [9.17, 15) is 10.1 Å². The molecule has 0 heterocycles. The van der Waals surface area contributed by atoms with Crippen LogP contribution >= 0.6 is 12.2 Å². The molecule has 0 unspecified atom stereocenters. The van der Waals surface area contributed by atoms with Crippen molar-refractivity contribution in [2.75, 3.05) is 6.54 Å². The second-order valence-electron chi connectivity index (χ2n) is 3.15. The highest BCUT2D eigenvalue weighted by Gasteiger charge is 2.04. The highest BCUT2D eigenvalue weighted by molar-refractivity contribution is 7.80. The molecule has 0 saturated carbocycles. The molecule has 0 aliphatic heterocycles. The molecule has 0 atom stereocenters. The Hall–Kier alpha value is -2.02. The van der Waals surface area contributed by atoms with Crippen molar-refractivity contribution in [3.8, 4) is 0 Å². The van der Waals surface area contributed by atoms with Gasteiger partial charge < -0.3 is 5.73 Å². The van der Waals surface area contributed by atoms with Gasteiger partial charge >= 0.3 is 0 Å². The van der Waals surface area contributed by atoms with Crippen LogP contribution in [0.5, 0.6) is 0 Å². The average molecular weight is 252 g/mol. The number of hydrogen-bond acceptors (Lipinski definition) is 4. The summed E-state index contributed by atoms with van der Waals surface area (Å²) >= 11 is 4.78. The van der Waals surface area contributed by atoms with Gasteiger partial charge in [0.1, 0.15) is 0 Å². The quantitative estimate of drug-likeness (QED) is 0.380. The summed E-state index contributed by atoms with van der Waals surface area (Å²) in [5, 5.41) is 16.2. The Bertz CT molecular complexity index is 461. The molecule has 0 aromatic heterocycles. The minimum atomic E-state index is -0.456. The normalized spacial score (nSPS) is 10.4. The van der Waals surface area contributed by atoms with E-state index in [1.807, 2.05) is 6.92 Å². The molecule has 0 saturated heterocycles. The first-order chi connectivity index (χ1) is 8.04. The van der Waals surface area contributed by atoms with E-state index in [4.69, 9.17) is 18.0 Å². The molecule has 0 amide bonds. The first-order valence-corrected chi connectivity index (χ1v) is 5.30. The predicted octanol–water partition coefficient (Wildman–Crippen LogP) is 1.49. The molecule has 7 heteroatoms. The fraction of sp³-hybridized carbons (Fsp3) is 0.200. The third-order valence-electron chi connectivity index (χ3n) is 1.98. The molecular formula is C10H12N4O2S. The van der Waals surface area contributed by atoms with Gasteiger partial charge in [0.25, 0.3) is 5.69 Å². The average Bonchev–Trinajstić information content (AvgIpc) is 2.29. The van der Waals surface area contributed by atoms with Gasteiger partial charge in [0.2, 0.25) is 0 Å². The topological polar surface area (TPSA) is 84.8 Å². The van der Waals surface area contributed by atoms with E-state index >= 15 is 0 Å². The SMILES string of the molecule is CCN(/N=C/c1cccc([N+](=O)[O-])c1)C(N)=S. The summed E-state index contributed by atoms with van der Waals surface area (Å²) in [7, 11) is 0. The second kappa shape index (κ2) is 5.90. The van der Waals surface area contributed by atoms with E-state index in [0.717, 1.165) is 0 Å². The number of nitro benzene ring substituents is 1. The van der Waals surface area contributed by atoms with Gasteiger partial charge in [-0.1, -0.05) is 12.1 Å². The maximum absolute atomic E-state index is 10.6. The van der Waals surface area contributed by atoms with Gasteiger partial charge in [0, 0.05) is 24.2 Å². The number of benzene rings is 1. The van der Waals surface area contributed by atoms with Crippen LogP contribution in [0.2, 0.25) is 0 Å². The lowest BCUT2D eigenvalue weighted by atomic mass is 10.2. The molecule has 17 heavy (non-hydrogen) atoms.